The van der Waals surface area contributed by atoms with Crippen LogP contribution in [0.4, 0.5) is 11.4 Å². The summed E-state index contributed by atoms with van der Waals surface area (Å²) in [7, 11) is 1.55. The molecule has 1 unspecified atom stereocenters. The minimum atomic E-state index is -0.508. The lowest BCUT2D eigenvalue weighted by Crippen LogP contribution is -2.20. The number of halogens is 1. The first kappa shape index (κ1) is 25.7. The normalized spacial score (nSPS) is 12.0. The van der Waals surface area contributed by atoms with E-state index in [-0.39, 0.29) is 17.2 Å². The Morgan fingerprint density at radius 2 is 1.65 bits per heavy atom. The van der Waals surface area contributed by atoms with Gasteiger partial charge in [-0.2, -0.15) is 0 Å². The summed E-state index contributed by atoms with van der Waals surface area (Å²) in [5.41, 5.74) is 2.02. The molecule has 0 saturated carbocycles. The van der Waals surface area contributed by atoms with Crippen molar-refractivity contribution in [1.82, 2.24) is 0 Å². The first-order chi connectivity index (χ1) is 16.1. The number of thioether (sulfide) groups is 1. The van der Waals surface area contributed by atoms with Crippen molar-refractivity contribution in [2.24, 2.45) is 5.41 Å². The van der Waals surface area contributed by atoms with Crippen LogP contribution in [0, 0.1) is 5.41 Å². The van der Waals surface area contributed by atoms with Gasteiger partial charge in [-0.15, -0.1) is 11.8 Å². The number of carbonyl (C=O) groups is 2. The Labute approximate surface area is 210 Å². The molecule has 0 aliphatic heterocycles. The zero-order valence-corrected chi connectivity index (χ0v) is 21.3. The van der Waals surface area contributed by atoms with E-state index >= 15 is 0 Å². The molecule has 0 bridgehead atoms. The molecule has 3 aromatic carbocycles. The maximum absolute atomic E-state index is 13.4. The molecule has 0 aliphatic rings. The minimum Gasteiger partial charge on any atom is -0.495 e. The Balaban J connectivity index is 1.78. The first-order valence-electron chi connectivity index (χ1n) is 10.9. The molecule has 34 heavy (non-hydrogen) atoms. The Bertz CT molecular complexity index is 1130. The van der Waals surface area contributed by atoms with E-state index in [4.69, 9.17) is 16.3 Å². The van der Waals surface area contributed by atoms with E-state index in [1.807, 2.05) is 75.4 Å². The summed E-state index contributed by atoms with van der Waals surface area (Å²) in [5.74, 6) is 0.314. The van der Waals surface area contributed by atoms with Crippen molar-refractivity contribution in [3.8, 4) is 5.75 Å². The second-order valence-corrected chi connectivity index (χ2v) is 10.7. The molecule has 0 fully saturated rings. The highest BCUT2D eigenvalue weighted by atomic mass is 35.5. The van der Waals surface area contributed by atoms with Gasteiger partial charge in [0.15, 0.2) is 0 Å². The van der Waals surface area contributed by atoms with Gasteiger partial charge < -0.3 is 15.4 Å². The largest absolute Gasteiger partial charge is 0.495 e. The zero-order valence-electron chi connectivity index (χ0n) is 19.7. The predicted molar refractivity (Wildman–Crippen MR) is 141 cm³/mol. The van der Waals surface area contributed by atoms with E-state index in [1.165, 1.54) is 11.8 Å². The lowest BCUT2D eigenvalue weighted by Gasteiger charge is -2.19. The maximum Gasteiger partial charge on any atom is 0.242 e. The van der Waals surface area contributed by atoms with Gasteiger partial charge in [-0.05, 0) is 53.4 Å². The molecule has 2 amide bonds. The molecule has 0 saturated heterocycles. The lowest BCUT2D eigenvalue weighted by molar-refractivity contribution is -0.118. The van der Waals surface area contributed by atoms with Crippen molar-refractivity contribution in [3.63, 3.8) is 0 Å². The summed E-state index contributed by atoms with van der Waals surface area (Å²) in [5, 5.41) is 5.88. The minimum absolute atomic E-state index is 0.0232. The van der Waals surface area contributed by atoms with Crippen LogP contribution >= 0.6 is 23.4 Å². The van der Waals surface area contributed by atoms with E-state index in [0.29, 0.717) is 22.9 Å². The van der Waals surface area contributed by atoms with Gasteiger partial charge >= 0.3 is 0 Å². The molecular formula is C27H29ClN2O3S. The summed E-state index contributed by atoms with van der Waals surface area (Å²) in [6, 6.07) is 22.2. The average molecular weight is 497 g/mol. The molecule has 3 rings (SSSR count). The molecule has 0 aliphatic carbocycles. The standard InChI is InChI=1S/C27H29ClN2O3S/c1-27(2,3)17-24(31)29-20-11-13-21(14-12-20)34-25(18-8-6-5-7-9-18)26(32)30-22-16-19(28)10-15-23(22)33-4/h5-16,25H,17H2,1-4H3,(H,29,31)(H,30,32). The monoisotopic (exact) mass is 496 g/mol. The molecule has 0 spiro atoms. The number of rotatable bonds is 8. The number of methoxy groups -OCH3 is 1. The van der Waals surface area contributed by atoms with Crippen molar-refractivity contribution in [2.75, 3.05) is 17.7 Å². The lowest BCUT2D eigenvalue weighted by atomic mass is 9.92. The highest BCUT2D eigenvalue weighted by molar-refractivity contribution is 8.00. The van der Waals surface area contributed by atoms with Gasteiger partial charge in [-0.25, -0.2) is 0 Å². The van der Waals surface area contributed by atoms with Gasteiger partial charge in [0.2, 0.25) is 11.8 Å². The SMILES string of the molecule is COc1ccc(Cl)cc1NC(=O)C(Sc1ccc(NC(=O)CC(C)(C)C)cc1)c1ccccc1. The summed E-state index contributed by atoms with van der Waals surface area (Å²) < 4.78 is 5.37. The third kappa shape index (κ3) is 7.54. The van der Waals surface area contributed by atoms with Crippen molar-refractivity contribution < 1.29 is 14.3 Å². The molecule has 1 atom stereocenters. The van der Waals surface area contributed by atoms with Gasteiger partial charge in [0.05, 0.1) is 12.8 Å². The third-order valence-electron chi connectivity index (χ3n) is 4.84. The van der Waals surface area contributed by atoms with Crippen LogP contribution in [0.1, 0.15) is 38.0 Å². The molecule has 0 aromatic heterocycles. The van der Waals surface area contributed by atoms with Crippen LogP contribution in [0.25, 0.3) is 0 Å². The van der Waals surface area contributed by atoms with Gasteiger partial charge in [-0.3, -0.25) is 9.59 Å². The highest BCUT2D eigenvalue weighted by Crippen LogP contribution is 2.38. The van der Waals surface area contributed by atoms with Crippen molar-refractivity contribution >= 4 is 46.6 Å². The van der Waals surface area contributed by atoms with Gasteiger partial charge in [-0.1, -0.05) is 62.7 Å². The van der Waals surface area contributed by atoms with Gasteiger partial charge in [0, 0.05) is 22.0 Å². The quantitative estimate of drug-likeness (QED) is 0.324. The maximum atomic E-state index is 13.4. The highest BCUT2D eigenvalue weighted by Gasteiger charge is 2.23. The van der Waals surface area contributed by atoms with Crippen LogP contribution in [0.3, 0.4) is 0 Å². The predicted octanol–water partition coefficient (Wildman–Crippen LogP) is 7.20. The van der Waals surface area contributed by atoms with Gasteiger partial charge in [0.1, 0.15) is 11.0 Å². The number of carbonyl (C=O) groups excluding carboxylic acids is 2. The van der Waals surface area contributed by atoms with Crippen molar-refractivity contribution in [1.29, 1.82) is 0 Å². The average Bonchev–Trinajstić information content (AvgIpc) is 2.78. The smallest absolute Gasteiger partial charge is 0.242 e. The Kier molecular flexibility index (Phi) is 8.64. The fraction of sp³-hybridized carbons (Fsp3) is 0.259. The third-order valence-corrected chi connectivity index (χ3v) is 6.34. The number of anilines is 2. The molecule has 5 nitrogen and oxygen atoms in total. The summed E-state index contributed by atoms with van der Waals surface area (Å²) in [4.78, 5) is 26.5. The van der Waals surface area contributed by atoms with Crippen LogP contribution in [-0.2, 0) is 9.59 Å². The number of ether oxygens (including phenoxy) is 1. The second kappa shape index (κ2) is 11.4. The molecule has 2 N–H and O–H groups in total. The van der Waals surface area contributed by atoms with Crippen molar-refractivity contribution in [2.45, 2.75) is 37.3 Å². The van der Waals surface area contributed by atoms with Crippen LogP contribution in [0.15, 0.2) is 77.7 Å². The second-order valence-electron chi connectivity index (χ2n) is 9.05. The Hall–Kier alpha value is -2.96. The first-order valence-corrected chi connectivity index (χ1v) is 12.2. The number of benzene rings is 3. The van der Waals surface area contributed by atoms with Crippen LogP contribution in [0.2, 0.25) is 5.02 Å². The summed E-state index contributed by atoms with van der Waals surface area (Å²) in [6.45, 7) is 6.08. The van der Waals surface area contributed by atoms with Crippen LogP contribution in [-0.4, -0.2) is 18.9 Å². The zero-order chi connectivity index (χ0) is 24.7. The fourth-order valence-electron chi connectivity index (χ4n) is 3.32. The summed E-state index contributed by atoms with van der Waals surface area (Å²) in [6.07, 6.45) is 0.437. The van der Waals surface area contributed by atoms with Crippen LogP contribution in [0.5, 0.6) is 5.75 Å². The van der Waals surface area contributed by atoms with Crippen molar-refractivity contribution in [3.05, 3.63) is 83.4 Å². The molecule has 3 aromatic rings. The van der Waals surface area contributed by atoms with E-state index in [0.717, 1.165) is 16.1 Å². The number of nitrogens with one attached hydrogen (secondary N) is 2. The fourth-order valence-corrected chi connectivity index (χ4v) is 4.51. The molecule has 0 heterocycles. The Morgan fingerprint density at radius 1 is 0.971 bits per heavy atom. The Morgan fingerprint density at radius 3 is 2.26 bits per heavy atom. The van der Waals surface area contributed by atoms with E-state index in [9.17, 15) is 9.59 Å². The van der Waals surface area contributed by atoms with Gasteiger partial charge in [0.25, 0.3) is 0 Å². The number of hydrogen-bond acceptors (Lipinski definition) is 4. The van der Waals surface area contributed by atoms with E-state index in [1.54, 1.807) is 25.3 Å². The number of hydrogen-bond donors (Lipinski definition) is 2. The molecular weight excluding hydrogens is 468 g/mol. The molecule has 7 heteroatoms. The van der Waals surface area contributed by atoms with E-state index in [2.05, 4.69) is 10.6 Å². The van der Waals surface area contributed by atoms with Crippen LogP contribution < -0.4 is 15.4 Å². The number of amides is 2. The molecule has 0 radical (unpaired) electrons. The summed E-state index contributed by atoms with van der Waals surface area (Å²) >= 11 is 7.55. The molecule has 178 valence electrons. The van der Waals surface area contributed by atoms with E-state index < -0.39 is 5.25 Å². The topological polar surface area (TPSA) is 67.4 Å².